The molecule has 0 fully saturated rings. The van der Waals surface area contributed by atoms with E-state index in [9.17, 15) is 18.0 Å². The van der Waals surface area contributed by atoms with E-state index in [4.69, 9.17) is 10.2 Å². The molecule has 0 spiro atoms. The molecule has 1 aromatic rings. The Kier molecular flexibility index (Phi) is 4.63. The molecule has 0 aliphatic rings. The van der Waals surface area contributed by atoms with Crippen LogP contribution < -0.4 is 16.0 Å². The highest BCUT2D eigenvalue weighted by molar-refractivity contribution is 7.89. The molecule has 0 unspecified atom stereocenters. The lowest BCUT2D eigenvalue weighted by Gasteiger charge is -2.28. The molecule has 0 aliphatic carbocycles. The predicted octanol–water partition coefficient (Wildman–Crippen LogP) is -2.53. The van der Waals surface area contributed by atoms with Gasteiger partial charge in [-0.15, -0.1) is 0 Å². The number of rotatable bonds is 6. The van der Waals surface area contributed by atoms with Crippen LogP contribution in [0, 0.1) is 0 Å². The van der Waals surface area contributed by atoms with E-state index < -0.39 is 44.9 Å². The third-order valence-electron chi connectivity index (χ3n) is 2.71. The number of aromatic nitrogens is 2. The average Bonchev–Trinajstić information content (AvgIpc) is 2.35. The first-order chi connectivity index (χ1) is 8.80. The van der Waals surface area contributed by atoms with Gasteiger partial charge in [-0.25, -0.2) is 17.9 Å². The summed E-state index contributed by atoms with van der Waals surface area (Å²) in [6.45, 7) is 0.285. The average molecular weight is 293 g/mol. The first kappa shape index (κ1) is 15.6. The Morgan fingerprint density at radius 3 is 2.32 bits per heavy atom. The topological polar surface area (TPSA) is 152 Å². The minimum absolute atomic E-state index is 0.112. The number of nitrogens with one attached hydrogen (secondary N) is 3. The highest BCUT2D eigenvalue weighted by Crippen LogP contribution is 2.12. The molecule has 0 saturated heterocycles. The fourth-order valence-corrected chi connectivity index (χ4v) is 2.81. The second-order valence-electron chi connectivity index (χ2n) is 3.99. The van der Waals surface area contributed by atoms with Crippen LogP contribution in [0.5, 0.6) is 0 Å². The van der Waals surface area contributed by atoms with Gasteiger partial charge in [0.1, 0.15) is 0 Å². The van der Waals surface area contributed by atoms with Crippen molar-refractivity contribution in [3.8, 4) is 0 Å². The third kappa shape index (κ3) is 3.29. The van der Waals surface area contributed by atoms with Gasteiger partial charge in [-0.05, 0) is 6.42 Å². The lowest BCUT2D eigenvalue weighted by molar-refractivity contribution is 0.105. The standard InChI is InChI=1S/C9H15N3O6S/c1-2-9(4-13,5-14)12-19(17,18)6-3-10-8(16)11-7(6)15/h3,12-14H,2,4-5H2,1H3,(H2,10,11,15,16). The fraction of sp³-hybridized carbons (Fsp3) is 0.556. The molecular formula is C9H15N3O6S. The van der Waals surface area contributed by atoms with Crippen molar-refractivity contribution < 1.29 is 18.6 Å². The van der Waals surface area contributed by atoms with Crippen molar-refractivity contribution in [1.29, 1.82) is 0 Å². The van der Waals surface area contributed by atoms with E-state index in [-0.39, 0.29) is 6.42 Å². The number of aliphatic hydroxyl groups is 2. The Hall–Kier alpha value is -1.49. The van der Waals surface area contributed by atoms with Gasteiger partial charge in [-0.3, -0.25) is 9.78 Å². The van der Waals surface area contributed by atoms with E-state index in [0.29, 0.717) is 0 Å². The maximum atomic E-state index is 12.0. The zero-order valence-corrected chi connectivity index (χ0v) is 11.0. The molecule has 0 bridgehead atoms. The van der Waals surface area contributed by atoms with Gasteiger partial charge in [0.15, 0.2) is 4.90 Å². The van der Waals surface area contributed by atoms with E-state index in [1.54, 1.807) is 11.9 Å². The van der Waals surface area contributed by atoms with Gasteiger partial charge in [0, 0.05) is 6.20 Å². The van der Waals surface area contributed by atoms with Crippen molar-refractivity contribution in [1.82, 2.24) is 14.7 Å². The molecule has 19 heavy (non-hydrogen) atoms. The van der Waals surface area contributed by atoms with E-state index in [2.05, 4.69) is 4.72 Å². The van der Waals surface area contributed by atoms with E-state index in [0.717, 1.165) is 6.20 Å². The molecule has 10 heteroatoms. The summed E-state index contributed by atoms with van der Waals surface area (Å²) in [5, 5.41) is 18.3. The van der Waals surface area contributed by atoms with Gasteiger partial charge in [0.05, 0.1) is 18.8 Å². The molecule has 108 valence electrons. The Labute approximate surface area is 108 Å². The second-order valence-corrected chi connectivity index (χ2v) is 5.64. The van der Waals surface area contributed by atoms with Gasteiger partial charge in [-0.2, -0.15) is 0 Å². The van der Waals surface area contributed by atoms with Crippen LogP contribution in [0.3, 0.4) is 0 Å². The molecule has 0 amide bonds. The highest BCUT2D eigenvalue weighted by atomic mass is 32.2. The summed E-state index contributed by atoms with van der Waals surface area (Å²) >= 11 is 0. The van der Waals surface area contributed by atoms with Crippen LogP contribution in [0.4, 0.5) is 0 Å². The maximum Gasteiger partial charge on any atom is 0.325 e. The van der Waals surface area contributed by atoms with Crippen LogP contribution in [0.1, 0.15) is 13.3 Å². The zero-order chi connectivity index (χ0) is 14.7. The molecule has 5 N–H and O–H groups in total. The minimum atomic E-state index is -4.29. The minimum Gasteiger partial charge on any atom is -0.394 e. The number of H-pyrrole nitrogens is 2. The van der Waals surface area contributed by atoms with E-state index in [1.165, 1.54) is 0 Å². The summed E-state index contributed by atoms with van der Waals surface area (Å²) in [6.07, 6.45) is 0.860. The van der Waals surface area contributed by atoms with Crippen molar-refractivity contribution in [2.45, 2.75) is 23.8 Å². The molecule has 9 nitrogen and oxygen atoms in total. The van der Waals surface area contributed by atoms with Crippen molar-refractivity contribution in [3.63, 3.8) is 0 Å². The number of aliphatic hydroxyl groups excluding tert-OH is 2. The zero-order valence-electron chi connectivity index (χ0n) is 10.1. The fourth-order valence-electron chi connectivity index (χ4n) is 1.35. The largest absolute Gasteiger partial charge is 0.394 e. The number of aromatic amines is 2. The maximum absolute atomic E-state index is 12.0. The van der Waals surface area contributed by atoms with E-state index >= 15 is 0 Å². The Balaban J connectivity index is 3.25. The normalized spacial score (nSPS) is 12.6. The van der Waals surface area contributed by atoms with E-state index in [1.807, 2.05) is 4.98 Å². The van der Waals surface area contributed by atoms with Crippen molar-refractivity contribution in [2.75, 3.05) is 13.2 Å². The number of hydrogen-bond donors (Lipinski definition) is 5. The van der Waals surface area contributed by atoms with Crippen molar-refractivity contribution in [3.05, 3.63) is 27.0 Å². The number of hydrogen-bond acceptors (Lipinski definition) is 6. The number of sulfonamides is 1. The molecule has 1 heterocycles. The van der Waals surface area contributed by atoms with Crippen LogP contribution in [0.25, 0.3) is 0 Å². The van der Waals surface area contributed by atoms with Crippen molar-refractivity contribution in [2.24, 2.45) is 0 Å². The third-order valence-corrected chi connectivity index (χ3v) is 4.29. The van der Waals surface area contributed by atoms with Crippen molar-refractivity contribution >= 4 is 10.0 Å². The molecule has 0 atom stereocenters. The van der Waals surface area contributed by atoms with Crippen LogP contribution >= 0.6 is 0 Å². The molecule has 1 rings (SSSR count). The molecule has 0 aromatic carbocycles. The molecule has 0 saturated carbocycles. The Morgan fingerprint density at radius 1 is 1.32 bits per heavy atom. The predicted molar refractivity (Wildman–Crippen MR) is 65.2 cm³/mol. The summed E-state index contributed by atoms with van der Waals surface area (Å²) in [6, 6.07) is 0. The molecule has 0 radical (unpaired) electrons. The lowest BCUT2D eigenvalue weighted by atomic mass is 10.0. The van der Waals surface area contributed by atoms with Crippen LogP contribution in [-0.4, -0.2) is 47.4 Å². The first-order valence-electron chi connectivity index (χ1n) is 5.38. The lowest BCUT2D eigenvalue weighted by Crippen LogP contribution is -2.54. The summed E-state index contributed by atoms with van der Waals surface area (Å²) in [5.74, 6) is 0. The SMILES string of the molecule is CCC(CO)(CO)NS(=O)(=O)c1c[nH]c(=O)[nH]c1=O. The van der Waals surface area contributed by atoms with Crippen LogP contribution in [-0.2, 0) is 10.0 Å². The smallest absolute Gasteiger partial charge is 0.325 e. The summed E-state index contributed by atoms with van der Waals surface area (Å²) in [4.78, 5) is 25.3. The highest BCUT2D eigenvalue weighted by Gasteiger charge is 2.33. The van der Waals surface area contributed by atoms with Gasteiger partial charge in [0.2, 0.25) is 10.0 Å². The summed E-state index contributed by atoms with van der Waals surface area (Å²) in [7, 11) is -4.29. The molecule has 0 aliphatic heterocycles. The summed E-state index contributed by atoms with van der Waals surface area (Å²) < 4.78 is 26.0. The monoisotopic (exact) mass is 293 g/mol. The quantitative estimate of drug-likeness (QED) is 0.390. The first-order valence-corrected chi connectivity index (χ1v) is 6.86. The summed E-state index contributed by atoms with van der Waals surface area (Å²) in [5.41, 5.74) is -3.39. The van der Waals surface area contributed by atoms with Gasteiger partial charge < -0.3 is 15.2 Å². The van der Waals surface area contributed by atoms with Gasteiger partial charge >= 0.3 is 5.69 Å². The van der Waals surface area contributed by atoms with Crippen LogP contribution in [0.2, 0.25) is 0 Å². The molecular weight excluding hydrogens is 278 g/mol. The van der Waals surface area contributed by atoms with Gasteiger partial charge in [-0.1, -0.05) is 6.92 Å². The Bertz CT molecular complexity index is 634. The molecule has 1 aromatic heterocycles. The Morgan fingerprint density at radius 2 is 1.89 bits per heavy atom. The second kappa shape index (κ2) is 5.65. The van der Waals surface area contributed by atoms with Gasteiger partial charge in [0.25, 0.3) is 5.56 Å². The van der Waals surface area contributed by atoms with Crippen LogP contribution in [0.15, 0.2) is 20.7 Å².